The van der Waals surface area contributed by atoms with E-state index in [1.54, 1.807) is 17.8 Å². The second-order valence-electron chi connectivity index (χ2n) is 7.75. The molecule has 1 saturated heterocycles. The highest BCUT2D eigenvalue weighted by Crippen LogP contribution is 2.15. The minimum Gasteiger partial charge on any atom is -0.369 e. The van der Waals surface area contributed by atoms with E-state index in [0.717, 1.165) is 24.3 Å². The number of likely N-dealkylation sites (tertiary alicyclic amines) is 1. The van der Waals surface area contributed by atoms with Gasteiger partial charge in [-0.3, -0.25) is 19.3 Å². The molecule has 0 bridgehead atoms. The second-order valence-corrected chi connectivity index (χ2v) is 7.75. The molecular formula is C21H28N6O3. The molecule has 9 nitrogen and oxygen atoms in total. The summed E-state index contributed by atoms with van der Waals surface area (Å²) >= 11 is 0. The van der Waals surface area contributed by atoms with E-state index in [2.05, 4.69) is 20.5 Å². The molecule has 1 aromatic heterocycles. The first-order valence-electron chi connectivity index (χ1n) is 10.2. The number of carbonyl (C=O) groups excluding carboxylic acids is 3. The summed E-state index contributed by atoms with van der Waals surface area (Å²) in [7, 11) is 0. The van der Waals surface area contributed by atoms with Gasteiger partial charge in [0.25, 0.3) is 0 Å². The van der Waals surface area contributed by atoms with Crippen LogP contribution in [0.25, 0.3) is 5.69 Å². The van der Waals surface area contributed by atoms with Crippen molar-refractivity contribution in [3.8, 4) is 5.69 Å². The van der Waals surface area contributed by atoms with E-state index < -0.39 is 11.9 Å². The number of amides is 2. The number of carbonyl (C=O) groups is 3. The summed E-state index contributed by atoms with van der Waals surface area (Å²) in [5.41, 5.74) is 7.04. The van der Waals surface area contributed by atoms with Gasteiger partial charge in [0, 0.05) is 18.9 Å². The van der Waals surface area contributed by atoms with Gasteiger partial charge in [-0.1, -0.05) is 30.3 Å². The molecule has 2 heterocycles. The average molecular weight is 412 g/mol. The van der Waals surface area contributed by atoms with Gasteiger partial charge in [-0.05, 0) is 37.9 Å². The number of para-hydroxylation sites is 1. The Hall–Kier alpha value is -3.07. The van der Waals surface area contributed by atoms with Crippen LogP contribution in [-0.2, 0) is 20.9 Å². The van der Waals surface area contributed by atoms with Gasteiger partial charge in [-0.25, -0.2) is 4.68 Å². The molecule has 2 amide bonds. The van der Waals surface area contributed by atoms with Crippen LogP contribution in [0.5, 0.6) is 0 Å². The lowest BCUT2D eigenvalue weighted by molar-refractivity contribution is -0.128. The zero-order valence-corrected chi connectivity index (χ0v) is 17.2. The third-order valence-electron chi connectivity index (χ3n) is 5.37. The number of ketones is 1. The molecule has 0 saturated carbocycles. The normalized spacial score (nSPS) is 18.6. The van der Waals surface area contributed by atoms with Crippen LogP contribution in [-0.4, -0.2) is 56.6 Å². The molecule has 9 heteroatoms. The number of rotatable bonds is 8. The maximum absolute atomic E-state index is 12.7. The van der Waals surface area contributed by atoms with Gasteiger partial charge < -0.3 is 11.1 Å². The van der Waals surface area contributed by atoms with Crippen LogP contribution in [0.2, 0.25) is 0 Å². The van der Waals surface area contributed by atoms with Crippen LogP contribution >= 0.6 is 0 Å². The highest BCUT2D eigenvalue weighted by Gasteiger charge is 2.27. The first-order valence-corrected chi connectivity index (χ1v) is 10.2. The molecule has 1 aromatic carbocycles. The molecule has 0 radical (unpaired) electrons. The number of primary amides is 1. The first-order chi connectivity index (χ1) is 14.4. The average Bonchev–Trinajstić information content (AvgIpc) is 3.12. The zero-order valence-electron chi connectivity index (χ0n) is 17.2. The van der Waals surface area contributed by atoms with Crippen molar-refractivity contribution < 1.29 is 14.4 Å². The Kier molecular flexibility index (Phi) is 7.29. The lowest BCUT2D eigenvalue weighted by atomic mass is 10.0. The minimum atomic E-state index is -0.497. The van der Waals surface area contributed by atoms with E-state index in [1.165, 1.54) is 0 Å². The van der Waals surface area contributed by atoms with Crippen molar-refractivity contribution in [2.24, 2.45) is 11.7 Å². The Bertz CT molecular complexity index is 882. The number of benzene rings is 1. The summed E-state index contributed by atoms with van der Waals surface area (Å²) in [4.78, 5) is 38.1. The second kappa shape index (κ2) is 10.1. The van der Waals surface area contributed by atoms with E-state index in [4.69, 9.17) is 5.73 Å². The molecule has 1 unspecified atom stereocenters. The topological polar surface area (TPSA) is 123 Å². The third kappa shape index (κ3) is 5.73. The molecule has 1 fully saturated rings. The lowest BCUT2D eigenvalue weighted by Gasteiger charge is -2.20. The molecule has 1 aliphatic rings. The molecule has 0 aliphatic carbocycles. The Balaban J connectivity index is 1.55. The van der Waals surface area contributed by atoms with Crippen LogP contribution < -0.4 is 11.1 Å². The predicted molar refractivity (Wildman–Crippen MR) is 110 cm³/mol. The molecule has 2 aromatic rings. The highest BCUT2D eigenvalue weighted by molar-refractivity contribution is 5.90. The fourth-order valence-corrected chi connectivity index (χ4v) is 3.51. The molecule has 1 aliphatic heterocycles. The van der Waals surface area contributed by atoms with Gasteiger partial charge in [-0.15, -0.1) is 5.10 Å². The highest BCUT2D eigenvalue weighted by atomic mass is 16.2. The largest absolute Gasteiger partial charge is 0.369 e. The van der Waals surface area contributed by atoms with Crippen molar-refractivity contribution >= 4 is 17.6 Å². The molecule has 0 spiro atoms. The van der Waals surface area contributed by atoms with Crippen molar-refractivity contribution in [1.82, 2.24) is 25.2 Å². The van der Waals surface area contributed by atoms with Gasteiger partial charge in [0.1, 0.15) is 0 Å². The molecule has 30 heavy (non-hydrogen) atoms. The minimum absolute atomic E-state index is 0.0115. The number of nitrogens with one attached hydrogen (secondary N) is 1. The Morgan fingerprint density at radius 2 is 2.07 bits per heavy atom. The van der Waals surface area contributed by atoms with Crippen molar-refractivity contribution in [2.75, 3.05) is 13.1 Å². The summed E-state index contributed by atoms with van der Waals surface area (Å²) in [6.45, 7) is 3.24. The first kappa shape index (κ1) is 21.6. The fourth-order valence-electron chi connectivity index (χ4n) is 3.51. The molecule has 3 N–H and O–H groups in total. The van der Waals surface area contributed by atoms with Crippen LogP contribution in [0.4, 0.5) is 0 Å². The van der Waals surface area contributed by atoms with Crippen molar-refractivity contribution in [3.63, 3.8) is 0 Å². The van der Waals surface area contributed by atoms with Crippen molar-refractivity contribution in [3.05, 3.63) is 42.2 Å². The van der Waals surface area contributed by atoms with Gasteiger partial charge in [0.05, 0.1) is 30.2 Å². The standard InChI is InChI=1S/C21H28N6O3/c1-15(21(22)30)9-10-20(29)24-18-8-5-11-26(14-19(18)28)13-17-12-23-25-27(17)16-6-3-2-4-7-16/h2-4,6-7,12,15,18H,5,8-11,13-14H2,1H3,(H2,22,30)(H,24,29)/t15?,18-/m0/s1. The van der Waals surface area contributed by atoms with Crippen LogP contribution in [0.15, 0.2) is 36.5 Å². The summed E-state index contributed by atoms with van der Waals surface area (Å²) in [5, 5.41) is 11.0. The smallest absolute Gasteiger partial charge is 0.220 e. The number of hydrogen-bond donors (Lipinski definition) is 2. The van der Waals surface area contributed by atoms with Gasteiger partial charge in [0.15, 0.2) is 5.78 Å². The van der Waals surface area contributed by atoms with Crippen molar-refractivity contribution in [1.29, 1.82) is 0 Å². The number of nitrogens with two attached hydrogens (primary N) is 1. The fraction of sp³-hybridized carbons (Fsp3) is 0.476. The predicted octanol–water partition coefficient (Wildman–Crippen LogP) is 0.819. The maximum atomic E-state index is 12.7. The van der Waals surface area contributed by atoms with Crippen LogP contribution in [0.3, 0.4) is 0 Å². The summed E-state index contributed by atoms with van der Waals surface area (Å²) in [6.07, 6.45) is 3.66. The van der Waals surface area contributed by atoms with Crippen LogP contribution in [0, 0.1) is 5.92 Å². The van der Waals surface area contributed by atoms with Crippen molar-refractivity contribution in [2.45, 2.75) is 45.2 Å². The quantitative estimate of drug-likeness (QED) is 0.662. The number of aromatic nitrogens is 3. The number of nitrogens with zero attached hydrogens (tertiary/aromatic N) is 4. The van der Waals surface area contributed by atoms with Gasteiger partial charge in [-0.2, -0.15) is 0 Å². The van der Waals surface area contributed by atoms with E-state index >= 15 is 0 Å². The zero-order chi connectivity index (χ0) is 21.5. The molecular weight excluding hydrogens is 384 g/mol. The number of Topliss-reactive ketones (excluding diaryl/α,β-unsaturated/α-hetero) is 1. The van der Waals surface area contributed by atoms with Crippen LogP contribution in [0.1, 0.15) is 38.3 Å². The summed E-state index contributed by atoms with van der Waals surface area (Å²) < 4.78 is 1.77. The molecule has 2 atom stereocenters. The number of hydrogen-bond acceptors (Lipinski definition) is 6. The Morgan fingerprint density at radius 3 is 2.80 bits per heavy atom. The SMILES string of the molecule is CC(CCC(=O)N[C@H]1CCCN(Cc2cnnn2-c2ccccc2)CC1=O)C(N)=O. The van der Waals surface area contributed by atoms with E-state index in [0.29, 0.717) is 19.4 Å². The lowest BCUT2D eigenvalue weighted by Crippen LogP contribution is -2.43. The molecule has 3 rings (SSSR count). The summed E-state index contributed by atoms with van der Waals surface area (Å²) in [5.74, 6) is -1.02. The van der Waals surface area contributed by atoms with E-state index in [9.17, 15) is 14.4 Å². The van der Waals surface area contributed by atoms with E-state index in [-0.39, 0.29) is 30.6 Å². The Labute approximate surface area is 175 Å². The maximum Gasteiger partial charge on any atom is 0.220 e. The third-order valence-corrected chi connectivity index (χ3v) is 5.37. The summed E-state index contributed by atoms with van der Waals surface area (Å²) in [6, 6.07) is 9.23. The van der Waals surface area contributed by atoms with E-state index in [1.807, 2.05) is 30.3 Å². The Morgan fingerprint density at radius 1 is 1.30 bits per heavy atom. The molecule has 160 valence electrons. The van der Waals surface area contributed by atoms with Gasteiger partial charge >= 0.3 is 0 Å². The van der Waals surface area contributed by atoms with Gasteiger partial charge in [0.2, 0.25) is 11.8 Å². The monoisotopic (exact) mass is 412 g/mol.